The first-order chi connectivity index (χ1) is 17.6. The summed E-state index contributed by atoms with van der Waals surface area (Å²) in [5.74, 6) is 1.89. The molecule has 0 amide bonds. The van der Waals surface area contributed by atoms with Crippen molar-refractivity contribution in [3.8, 4) is 5.75 Å². The zero-order valence-corrected chi connectivity index (χ0v) is 21.1. The first-order valence-corrected chi connectivity index (χ1v) is 12.7. The number of alkyl halides is 3. The lowest BCUT2D eigenvalue weighted by molar-refractivity contribution is -0.142. The Morgan fingerprint density at radius 2 is 2.03 bits per heavy atom. The van der Waals surface area contributed by atoms with Gasteiger partial charge in [-0.3, -0.25) is 5.41 Å². The standard InChI is InChI=1S/C26H32F3N5O3/c1-17(2)33(16-26(27,28)29)24(30)36-14-22-31-13-21-23(32-22)34(15-25(21)8-9-25)18-4-3-5-20(12-18)37-19-6-10-35-11-7-19/h3-5,12-13,17,19,30H,6-11,14-16H2,1-2H3. The van der Waals surface area contributed by atoms with Gasteiger partial charge < -0.3 is 24.0 Å². The number of aromatic nitrogens is 2. The Hall–Kier alpha value is -3.08. The number of amidine groups is 1. The molecule has 1 saturated carbocycles. The Morgan fingerprint density at radius 3 is 2.70 bits per heavy atom. The van der Waals surface area contributed by atoms with E-state index in [1.165, 1.54) is 0 Å². The fraction of sp³-hybridized carbons (Fsp3) is 0.577. The molecule has 1 spiro atoms. The summed E-state index contributed by atoms with van der Waals surface area (Å²) in [6.07, 6.45) is 1.33. The number of anilines is 2. The molecule has 1 aromatic carbocycles. The van der Waals surface area contributed by atoms with Gasteiger partial charge in [0.15, 0.2) is 12.4 Å². The van der Waals surface area contributed by atoms with Crippen molar-refractivity contribution in [3.05, 3.63) is 41.9 Å². The molecule has 200 valence electrons. The van der Waals surface area contributed by atoms with E-state index in [-0.39, 0.29) is 18.1 Å². The topological polar surface area (TPSA) is 83.8 Å². The summed E-state index contributed by atoms with van der Waals surface area (Å²) in [5, 5.41) is 8.05. The van der Waals surface area contributed by atoms with E-state index in [0.717, 1.165) is 59.9 Å². The smallest absolute Gasteiger partial charge is 0.406 e. The maximum Gasteiger partial charge on any atom is 0.406 e. The zero-order valence-electron chi connectivity index (χ0n) is 21.1. The highest BCUT2D eigenvalue weighted by Crippen LogP contribution is 2.57. The van der Waals surface area contributed by atoms with Crippen molar-refractivity contribution < 1.29 is 27.4 Å². The number of ether oxygens (including phenoxy) is 3. The fourth-order valence-electron chi connectivity index (χ4n) is 4.92. The van der Waals surface area contributed by atoms with Gasteiger partial charge in [0.05, 0.1) is 13.2 Å². The Kier molecular flexibility index (Phi) is 6.91. The van der Waals surface area contributed by atoms with Gasteiger partial charge >= 0.3 is 6.18 Å². The molecule has 8 nitrogen and oxygen atoms in total. The maximum absolute atomic E-state index is 12.9. The third-order valence-electron chi connectivity index (χ3n) is 7.13. The quantitative estimate of drug-likeness (QED) is 0.410. The van der Waals surface area contributed by atoms with Gasteiger partial charge in [0.2, 0.25) is 0 Å². The molecule has 2 fully saturated rings. The summed E-state index contributed by atoms with van der Waals surface area (Å²) in [6.45, 7) is 3.92. The number of halogens is 3. The van der Waals surface area contributed by atoms with Crippen LogP contribution in [0.25, 0.3) is 0 Å². The van der Waals surface area contributed by atoms with Gasteiger partial charge in [-0.2, -0.15) is 13.2 Å². The van der Waals surface area contributed by atoms with Gasteiger partial charge in [-0.25, -0.2) is 9.97 Å². The second kappa shape index (κ2) is 10.00. The normalized spacial score (nSPS) is 18.7. The molecule has 1 N–H and O–H groups in total. The summed E-state index contributed by atoms with van der Waals surface area (Å²) >= 11 is 0. The molecule has 1 saturated heterocycles. The molecule has 3 aliphatic rings. The van der Waals surface area contributed by atoms with Gasteiger partial charge in [-0.1, -0.05) is 6.07 Å². The molecule has 2 aromatic rings. The number of nitrogens with one attached hydrogen (secondary N) is 1. The largest absolute Gasteiger partial charge is 0.490 e. The molecule has 0 bridgehead atoms. The zero-order chi connectivity index (χ0) is 26.2. The number of rotatable bonds is 7. The second-order valence-corrected chi connectivity index (χ2v) is 10.2. The summed E-state index contributed by atoms with van der Waals surface area (Å²) < 4.78 is 55.9. The van der Waals surface area contributed by atoms with E-state index in [1.807, 2.05) is 24.3 Å². The second-order valence-electron chi connectivity index (χ2n) is 10.2. The van der Waals surface area contributed by atoms with Gasteiger partial charge in [-0.05, 0) is 38.8 Å². The van der Waals surface area contributed by atoms with Gasteiger partial charge in [-0.15, -0.1) is 0 Å². The summed E-state index contributed by atoms with van der Waals surface area (Å²) in [7, 11) is 0. The molecule has 1 aromatic heterocycles. The Labute approximate surface area is 214 Å². The van der Waals surface area contributed by atoms with E-state index in [0.29, 0.717) is 19.0 Å². The molecule has 2 aliphatic heterocycles. The molecule has 0 radical (unpaired) electrons. The molecule has 0 atom stereocenters. The molecule has 3 heterocycles. The van der Waals surface area contributed by atoms with E-state index < -0.39 is 24.8 Å². The minimum absolute atomic E-state index is 0.0279. The van der Waals surface area contributed by atoms with Crippen LogP contribution in [-0.4, -0.2) is 65.5 Å². The SMILES string of the molecule is CC(C)N(CC(F)(F)F)C(=N)OCc1ncc2c(n1)N(c1cccc(OC3CCOCC3)c1)CC21CC1. The fourth-order valence-corrected chi connectivity index (χ4v) is 4.92. The van der Waals surface area contributed by atoms with Crippen LogP contribution in [0.3, 0.4) is 0 Å². The van der Waals surface area contributed by atoms with E-state index >= 15 is 0 Å². The molecule has 5 rings (SSSR count). The van der Waals surface area contributed by atoms with Crippen LogP contribution in [0, 0.1) is 5.41 Å². The van der Waals surface area contributed by atoms with Crippen LogP contribution < -0.4 is 9.64 Å². The highest BCUT2D eigenvalue weighted by molar-refractivity contribution is 5.72. The Morgan fingerprint density at radius 1 is 1.27 bits per heavy atom. The first kappa shape index (κ1) is 25.6. The van der Waals surface area contributed by atoms with Crippen LogP contribution >= 0.6 is 0 Å². The predicted molar refractivity (Wildman–Crippen MR) is 131 cm³/mol. The summed E-state index contributed by atoms with van der Waals surface area (Å²) in [4.78, 5) is 12.2. The number of fused-ring (bicyclic) bond motifs is 2. The minimum Gasteiger partial charge on any atom is -0.490 e. The number of hydrogen-bond donors (Lipinski definition) is 1. The molecule has 11 heteroatoms. The van der Waals surface area contributed by atoms with Crippen molar-refractivity contribution in [2.24, 2.45) is 0 Å². The van der Waals surface area contributed by atoms with Crippen molar-refractivity contribution >= 4 is 17.5 Å². The predicted octanol–water partition coefficient (Wildman–Crippen LogP) is 4.94. The number of nitrogens with zero attached hydrogens (tertiary/aromatic N) is 4. The Balaban J connectivity index is 1.32. The van der Waals surface area contributed by atoms with Crippen LogP contribution in [0.5, 0.6) is 5.75 Å². The number of benzene rings is 1. The van der Waals surface area contributed by atoms with Gasteiger partial charge in [0, 0.05) is 54.4 Å². The van der Waals surface area contributed by atoms with E-state index in [1.54, 1.807) is 20.0 Å². The lowest BCUT2D eigenvalue weighted by Gasteiger charge is -2.29. The summed E-state index contributed by atoms with van der Waals surface area (Å²) in [5.41, 5.74) is 2.06. The highest BCUT2D eigenvalue weighted by Gasteiger charge is 2.53. The van der Waals surface area contributed by atoms with Crippen molar-refractivity contribution in [1.29, 1.82) is 5.41 Å². The van der Waals surface area contributed by atoms with Crippen molar-refractivity contribution in [1.82, 2.24) is 14.9 Å². The molecule has 37 heavy (non-hydrogen) atoms. The maximum atomic E-state index is 12.9. The third kappa shape index (κ3) is 5.76. The van der Waals surface area contributed by atoms with Crippen molar-refractivity contribution in [2.75, 3.05) is 31.2 Å². The average molecular weight is 520 g/mol. The van der Waals surface area contributed by atoms with Crippen LogP contribution in [0.1, 0.15) is 50.9 Å². The molecular formula is C26H32F3N5O3. The monoisotopic (exact) mass is 519 g/mol. The number of hydrogen-bond acceptors (Lipinski definition) is 7. The van der Waals surface area contributed by atoms with Crippen LogP contribution in [0.15, 0.2) is 30.5 Å². The lowest BCUT2D eigenvalue weighted by Crippen LogP contribution is -2.43. The van der Waals surface area contributed by atoms with Gasteiger partial charge in [0.1, 0.15) is 24.2 Å². The van der Waals surface area contributed by atoms with Crippen molar-refractivity contribution in [2.45, 2.75) is 69.9 Å². The van der Waals surface area contributed by atoms with Crippen LogP contribution in [0.2, 0.25) is 0 Å². The molecular weight excluding hydrogens is 487 g/mol. The van der Waals surface area contributed by atoms with E-state index in [9.17, 15) is 13.2 Å². The summed E-state index contributed by atoms with van der Waals surface area (Å²) in [6, 6.07) is 6.87. The average Bonchev–Trinajstić information content (AvgIpc) is 3.57. The Bertz CT molecular complexity index is 1130. The van der Waals surface area contributed by atoms with Crippen LogP contribution in [-0.2, 0) is 21.5 Å². The molecule has 0 unspecified atom stereocenters. The first-order valence-electron chi connectivity index (χ1n) is 12.7. The van der Waals surface area contributed by atoms with E-state index in [4.69, 9.17) is 24.6 Å². The van der Waals surface area contributed by atoms with Gasteiger partial charge in [0.25, 0.3) is 6.02 Å². The lowest BCUT2D eigenvalue weighted by atomic mass is 10.0. The molecule has 1 aliphatic carbocycles. The van der Waals surface area contributed by atoms with Crippen molar-refractivity contribution in [3.63, 3.8) is 0 Å². The van der Waals surface area contributed by atoms with E-state index in [2.05, 4.69) is 9.88 Å². The highest BCUT2D eigenvalue weighted by atomic mass is 19.4. The minimum atomic E-state index is -4.44. The third-order valence-corrected chi connectivity index (χ3v) is 7.13. The van der Waals surface area contributed by atoms with Crippen LogP contribution in [0.4, 0.5) is 24.7 Å².